The standard InChI is InChI=1S/C15H19N5O4S/c1-25(22,23)19-14-13(9-6-7-24-15(9)14)16-12(21)8-20-17-10-4-2-3-5-11(10)18-20/h2-5,9,13-15,19H,6-8H2,1H3,(H,16,21)/t9-,13+,14-,15-/m1/s1. The Balaban J connectivity index is 1.44. The van der Waals surface area contributed by atoms with Crippen LogP contribution in [0.4, 0.5) is 0 Å². The average molecular weight is 365 g/mol. The van der Waals surface area contributed by atoms with Crippen molar-refractivity contribution in [3.63, 3.8) is 0 Å². The van der Waals surface area contributed by atoms with Crippen LogP contribution in [-0.2, 0) is 26.1 Å². The van der Waals surface area contributed by atoms with Crippen LogP contribution in [0.3, 0.4) is 0 Å². The second-order valence-corrected chi connectivity index (χ2v) is 8.30. The summed E-state index contributed by atoms with van der Waals surface area (Å²) in [6.07, 6.45) is 1.74. The van der Waals surface area contributed by atoms with Gasteiger partial charge >= 0.3 is 0 Å². The first-order valence-electron chi connectivity index (χ1n) is 8.09. The third-order valence-corrected chi connectivity index (χ3v) is 5.38. The van der Waals surface area contributed by atoms with Gasteiger partial charge in [-0.2, -0.15) is 15.0 Å². The molecule has 1 aliphatic heterocycles. The molecule has 0 bridgehead atoms. The lowest BCUT2D eigenvalue weighted by Crippen LogP contribution is -2.71. The molecule has 1 saturated heterocycles. The van der Waals surface area contributed by atoms with E-state index in [-0.39, 0.29) is 30.5 Å². The molecule has 2 aliphatic rings. The second-order valence-electron chi connectivity index (χ2n) is 6.52. The number of rotatable bonds is 5. The van der Waals surface area contributed by atoms with Crippen LogP contribution in [0.5, 0.6) is 0 Å². The Kier molecular flexibility index (Phi) is 3.97. The Labute approximate surface area is 144 Å². The van der Waals surface area contributed by atoms with Crippen molar-refractivity contribution >= 4 is 27.0 Å². The van der Waals surface area contributed by atoms with Gasteiger partial charge in [-0.1, -0.05) is 12.1 Å². The van der Waals surface area contributed by atoms with Crippen LogP contribution in [0.25, 0.3) is 11.0 Å². The fourth-order valence-corrected chi connectivity index (χ4v) is 4.40. The van der Waals surface area contributed by atoms with Gasteiger partial charge in [-0.15, -0.1) is 0 Å². The smallest absolute Gasteiger partial charge is 0.243 e. The van der Waals surface area contributed by atoms with Crippen molar-refractivity contribution in [1.29, 1.82) is 0 Å². The molecule has 1 aromatic heterocycles. The minimum atomic E-state index is -3.38. The summed E-state index contributed by atoms with van der Waals surface area (Å²) >= 11 is 0. The van der Waals surface area contributed by atoms with Crippen molar-refractivity contribution in [2.75, 3.05) is 12.9 Å². The molecule has 10 heteroatoms. The highest BCUT2D eigenvalue weighted by Gasteiger charge is 2.55. The topological polar surface area (TPSA) is 115 Å². The Morgan fingerprint density at radius 2 is 1.96 bits per heavy atom. The Morgan fingerprint density at radius 3 is 2.60 bits per heavy atom. The second kappa shape index (κ2) is 6.04. The molecule has 2 aromatic rings. The minimum Gasteiger partial charge on any atom is -0.376 e. The van der Waals surface area contributed by atoms with E-state index in [0.717, 1.165) is 23.7 Å². The highest BCUT2D eigenvalue weighted by Crippen LogP contribution is 2.39. The molecule has 1 amide bonds. The van der Waals surface area contributed by atoms with Crippen LogP contribution < -0.4 is 10.0 Å². The number of sulfonamides is 1. The Bertz CT molecular complexity index is 879. The number of fused-ring (bicyclic) bond motifs is 2. The molecule has 4 atom stereocenters. The van der Waals surface area contributed by atoms with Crippen LogP contribution in [0.1, 0.15) is 6.42 Å². The quantitative estimate of drug-likeness (QED) is 0.721. The summed E-state index contributed by atoms with van der Waals surface area (Å²) in [7, 11) is -3.38. The number of carbonyl (C=O) groups is 1. The molecule has 2 heterocycles. The lowest BCUT2D eigenvalue weighted by Gasteiger charge is -2.47. The largest absolute Gasteiger partial charge is 0.376 e. The van der Waals surface area contributed by atoms with E-state index in [4.69, 9.17) is 4.74 Å². The predicted octanol–water partition coefficient (Wildman–Crippen LogP) is -0.747. The highest BCUT2D eigenvalue weighted by molar-refractivity contribution is 7.88. The molecular formula is C15H19N5O4S. The summed E-state index contributed by atoms with van der Waals surface area (Å²) in [5.74, 6) is -0.121. The van der Waals surface area contributed by atoms with Gasteiger partial charge in [0.25, 0.3) is 0 Å². The normalized spacial score (nSPS) is 28.5. The molecule has 9 nitrogen and oxygen atoms in total. The van der Waals surface area contributed by atoms with E-state index < -0.39 is 16.1 Å². The molecule has 0 unspecified atom stereocenters. The summed E-state index contributed by atoms with van der Waals surface area (Å²) in [6, 6.07) is 6.66. The highest BCUT2D eigenvalue weighted by atomic mass is 32.2. The van der Waals surface area contributed by atoms with Crippen LogP contribution >= 0.6 is 0 Å². The van der Waals surface area contributed by atoms with E-state index in [1.807, 2.05) is 24.3 Å². The molecule has 1 aliphatic carbocycles. The maximum atomic E-state index is 12.4. The van der Waals surface area contributed by atoms with Crippen LogP contribution in [0.15, 0.2) is 24.3 Å². The molecule has 134 valence electrons. The number of hydrogen-bond acceptors (Lipinski definition) is 6. The fraction of sp³-hybridized carbons (Fsp3) is 0.533. The monoisotopic (exact) mass is 365 g/mol. The predicted molar refractivity (Wildman–Crippen MR) is 89.1 cm³/mol. The lowest BCUT2D eigenvalue weighted by molar-refractivity contribution is -0.126. The summed E-state index contributed by atoms with van der Waals surface area (Å²) in [4.78, 5) is 13.7. The van der Waals surface area contributed by atoms with Crippen molar-refractivity contribution in [2.45, 2.75) is 31.2 Å². The number of aromatic nitrogens is 3. The van der Waals surface area contributed by atoms with Crippen LogP contribution in [-0.4, -0.2) is 60.4 Å². The zero-order valence-corrected chi connectivity index (χ0v) is 14.4. The molecule has 2 N–H and O–H groups in total. The summed E-state index contributed by atoms with van der Waals surface area (Å²) in [5, 5.41) is 11.4. The van der Waals surface area contributed by atoms with E-state index in [2.05, 4.69) is 20.2 Å². The number of nitrogens with zero attached hydrogens (tertiary/aromatic N) is 3. The van der Waals surface area contributed by atoms with Crippen LogP contribution in [0.2, 0.25) is 0 Å². The molecule has 1 saturated carbocycles. The van der Waals surface area contributed by atoms with Crippen molar-refractivity contribution in [2.24, 2.45) is 5.92 Å². The van der Waals surface area contributed by atoms with Crippen molar-refractivity contribution in [3.8, 4) is 0 Å². The average Bonchev–Trinajstić information content (AvgIpc) is 3.13. The number of hydrogen-bond donors (Lipinski definition) is 2. The van der Waals surface area contributed by atoms with Gasteiger partial charge in [0, 0.05) is 12.5 Å². The SMILES string of the molecule is CS(=O)(=O)N[C@@H]1[C@@H](NC(=O)Cn2nc3ccccc3n2)[C@H]2CCO[C@H]21. The van der Waals surface area contributed by atoms with E-state index in [9.17, 15) is 13.2 Å². The zero-order chi connectivity index (χ0) is 17.6. The van der Waals surface area contributed by atoms with Gasteiger partial charge in [0.05, 0.1) is 24.4 Å². The summed E-state index contributed by atoms with van der Waals surface area (Å²) in [6.45, 7) is 0.560. The molecule has 2 fully saturated rings. The number of ether oxygens (including phenoxy) is 1. The number of benzene rings is 1. The minimum absolute atomic E-state index is 0.0188. The summed E-state index contributed by atoms with van der Waals surface area (Å²) < 4.78 is 31.2. The Hall–Kier alpha value is -2.04. The lowest BCUT2D eigenvalue weighted by atomic mass is 9.72. The van der Waals surface area contributed by atoms with Gasteiger partial charge in [0.2, 0.25) is 15.9 Å². The molecule has 25 heavy (non-hydrogen) atoms. The Morgan fingerprint density at radius 1 is 1.28 bits per heavy atom. The first-order chi connectivity index (χ1) is 11.9. The third kappa shape index (κ3) is 3.24. The van der Waals surface area contributed by atoms with E-state index in [1.54, 1.807) is 0 Å². The molecular weight excluding hydrogens is 346 g/mol. The number of amides is 1. The van der Waals surface area contributed by atoms with E-state index >= 15 is 0 Å². The summed E-state index contributed by atoms with van der Waals surface area (Å²) in [5.41, 5.74) is 1.44. The molecule has 4 rings (SSSR count). The molecule has 0 radical (unpaired) electrons. The van der Waals surface area contributed by atoms with E-state index in [0.29, 0.717) is 6.61 Å². The van der Waals surface area contributed by atoms with E-state index in [1.165, 1.54) is 4.80 Å². The maximum absolute atomic E-state index is 12.4. The fourth-order valence-electron chi connectivity index (χ4n) is 3.63. The van der Waals surface area contributed by atoms with Crippen LogP contribution in [0, 0.1) is 5.92 Å². The molecule has 1 aromatic carbocycles. The number of nitrogens with one attached hydrogen (secondary N) is 2. The third-order valence-electron chi connectivity index (χ3n) is 4.68. The van der Waals surface area contributed by atoms with Gasteiger partial charge < -0.3 is 10.1 Å². The van der Waals surface area contributed by atoms with Gasteiger partial charge in [-0.25, -0.2) is 13.1 Å². The van der Waals surface area contributed by atoms with Crippen molar-refractivity contribution in [3.05, 3.63) is 24.3 Å². The van der Waals surface area contributed by atoms with Crippen molar-refractivity contribution < 1.29 is 17.9 Å². The maximum Gasteiger partial charge on any atom is 0.243 e. The molecule has 0 spiro atoms. The van der Waals surface area contributed by atoms with Gasteiger partial charge in [0.1, 0.15) is 17.6 Å². The first kappa shape index (κ1) is 16.4. The zero-order valence-electron chi connectivity index (χ0n) is 13.6. The first-order valence-corrected chi connectivity index (χ1v) is 9.98. The number of carbonyl (C=O) groups excluding carboxylic acids is 1. The van der Waals surface area contributed by atoms with Gasteiger partial charge in [-0.3, -0.25) is 4.79 Å². The van der Waals surface area contributed by atoms with Gasteiger partial charge in [0.15, 0.2) is 0 Å². The van der Waals surface area contributed by atoms with Crippen molar-refractivity contribution in [1.82, 2.24) is 25.0 Å². The van der Waals surface area contributed by atoms with Gasteiger partial charge in [-0.05, 0) is 18.6 Å².